The molecule has 0 aromatic heterocycles. The number of ether oxygens (including phenoxy) is 2. The lowest BCUT2D eigenvalue weighted by atomic mass is 10.1. The fourth-order valence-electron chi connectivity index (χ4n) is 3.31. The molecule has 1 amide bonds. The van der Waals surface area contributed by atoms with Crippen LogP contribution in [-0.2, 0) is 5.75 Å². The molecule has 34 heavy (non-hydrogen) atoms. The number of hydrogen-bond acceptors (Lipinski definition) is 4. The van der Waals surface area contributed by atoms with Gasteiger partial charge in [0.2, 0.25) is 0 Å². The highest BCUT2D eigenvalue weighted by Gasteiger charge is 2.14. The van der Waals surface area contributed by atoms with Crippen molar-refractivity contribution in [1.82, 2.24) is 0 Å². The molecule has 0 aliphatic carbocycles. The Kier molecular flexibility index (Phi) is 8.12. The van der Waals surface area contributed by atoms with Crippen molar-refractivity contribution in [3.63, 3.8) is 0 Å². The Labute approximate surface area is 208 Å². The van der Waals surface area contributed by atoms with Crippen molar-refractivity contribution >= 4 is 35.0 Å². The molecule has 1 N–H and O–H groups in total. The van der Waals surface area contributed by atoms with E-state index in [1.807, 2.05) is 67.6 Å². The second-order valence-electron chi connectivity index (χ2n) is 7.37. The standard InChI is InChI=1S/C28H24ClNO3S/c1-2-32-26-15-13-20(17-21(26)19-34-24-11-7-4-8-12-24)28(31)30-25-18-22(29)14-16-27(25)33-23-9-5-3-6-10-23/h3-18H,2,19H2,1H3,(H,30,31). The lowest BCUT2D eigenvalue weighted by Gasteiger charge is -2.15. The number of nitrogens with one attached hydrogen (secondary N) is 1. The van der Waals surface area contributed by atoms with Crippen molar-refractivity contribution < 1.29 is 14.3 Å². The van der Waals surface area contributed by atoms with Crippen LogP contribution in [0.3, 0.4) is 0 Å². The molecule has 4 aromatic carbocycles. The number of amides is 1. The highest BCUT2D eigenvalue weighted by atomic mass is 35.5. The molecular formula is C28H24ClNO3S. The topological polar surface area (TPSA) is 47.6 Å². The maximum Gasteiger partial charge on any atom is 0.255 e. The first-order chi connectivity index (χ1) is 16.6. The summed E-state index contributed by atoms with van der Waals surface area (Å²) in [7, 11) is 0. The number of anilines is 1. The van der Waals surface area contributed by atoms with Crippen molar-refractivity contribution in [3.05, 3.63) is 113 Å². The number of para-hydroxylation sites is 1. The zero-order valence-corrected chi connectivity index (χ0v) is 20.2. The Bertz CT molecular complexity index is 1250. The van der Waals surface area contributed by atoms with Gasteiger partial charge < -0.3 is 14.8 Å². The van der Waals surface area contributed by atoms with Crippen molar-refractivity contribution in [2.75, 3.05) is 11.9 Å². The van der Waals surface area contributed by atoms with Crippen LogP contribution in [-0.4, -0.2) is 12.5 Å². The van der Waals surface area contributed by atoms with Gasteiger partial charge in [-0.15, -0.1) is 11.8 Å². The molecular weight excluding hydrogens is 466 g/mol. The SMILES string of the molecule is CCOc1ccc(C(=O)Nc2cc(Cl)ccc2Oc2ccccc2)cc1CSc1ccccc1. The van der Waals surface area contributed by atoms with Gasteiger partial charge in [-0.1, -0.05) is 48.0 Å². The molecule has 4 rings (SSSR count). The third kappa shape index (κ3) is 6.34. The van der Waals surface area contributed by atoms with E-state index in [2.05, 4.69) is 17.4 Å². The normalized spacial score (nSPS) is 10.5. The molecule has 0 spiro atoms. The fraction of sp³-hybridized carbons (Fsp3) is 0.107. The van der Waals surface area contributed by atoms with E-state index in [1.165, 1.54) is 0 Å². The van der Waals surface area contributed by atoms with E-state index in [4.69, 9.17) is 21.1 Å². The summed E-state index contributed by atoms with van der Waals surface area (Å²) in [6.45, 7) is 2.50. The van der Waals surface area contributed by atoms with Crippen LogP contribution in [0.1, 0.15) is 22.8 Å². The zero-order chi connectivity index (χ0) is 23.8. The molecule has 6 heteroatoms. The van der Waals surface area contributed by atoms with Crippen LogP contribution in [0.25, 0.3) is 0 Å². The average molecular weight is 490 g/mol. The summed E-state index contributed by atoms with van der Waals surface area (Å²) >= 11 is 7.90. The molecule has 0 bridgehead atoms. The first-order valence-electron chi connectivity index (χ1n) is 10.9. The van der Waals surface area contributed by atoms with Gasteiger partial charge >= 0.3 is 0 Å². The van der Waals surface area contributed by atoms with Gasteiger partial charge in [-0.3, -0.25) is 4.79 Å². The van der Waals surface area contributed by atoms with Crippen LogP contribution in [0.2, 0.25) is 5.02 Å². The monoisotopic (exact) mass is 489 g/mol. The van der Waals surface area contributed by atoms with Gasteiger partial charge in [0.05, 0.1) is 12.3 Å². The van der Waals surface area contributed by atoms with E-state index < -0.39 is 0 Å². The minimum Gasteiger partial charge on any atom is -0.494 e. The van der Waals surface area contributed by atoms with Gasteiger partial charge in [0.1, 0.15) is 11.5 Å². The molecule has 0 atom stereocenters. The van der Waals surface area contributed by atoms with Crippen LogP contribution in [0, 0.1) is 0 Å². The van der Waals surface area contributed by atoms with Gasteiger partial charge in [-0.05, 0) is 67.6 Å². The Morgan fingerprint density at radius 2 is 1.59 bits per heavy atom. The summed E-state index contributed by atoms with van der Waals surface area (Å²) in [4.78, 5) is 14.3. The summed E-state index contributed by atoms with van der Waals surface area (Å²) in [5, 5.41) is 3.45. The Morgan fingerprint density at radius 3 is 2.32 bits per heavy atom. The van der Waals surface area contributed by atoms with Crippen LogP contribution in [0.5, 0.6) is 17.2 Å². The van der Waals surface area contributed by atoms with Gasteiger partial charge in [-0.25, -0.2) is 0 Å². The number of benzene rings is 4. The van der Waals surface area contributed by atoms with Crippen molar-refractivity contribution in [3.8, 4) is 17.2 Å². The maximum absolute atomic E-state index is 13.2. The Morgan fingerprint density at radius 1 is 0.882 bits per heavy atom. The molecule has 172 valence electrons. The van der Waals surface area contributed by atoms with Gasteiger partial charge in [0, 0.05) is 26.8 Å². The molecule has 0 heterocycles. The maximum atomic E-state index is 13.2. The van der Waals surface area contributed by atoms with E-state index in [1.54, 1.807) is 36.0 Å². The molecule has 0 fully saturated rings. The van der Waals surface area contributed by atoms with Crippen LogP contribution < -0.4 is 14.8 Å². The molecule has 4 aromatic rings. The zero-order valence-electron chi connectivity index (χ0n) is 18.7. The predicted molar refractivity (Wildman–Crippen MR) is 140 cm³/mol. The summed E-state index contributed by atoms with van der Waals surface area (Å²) in [6.07, 6.45) is 0. The lowest BCUT2D eigenvalue weighted by Crippen LogP contribution is -2.13. The quantitative estimate of drug-likeness (QED) is 0.241. The second-order valence-corrected chi connectivity index (χ2v) is 8.85. The van der Waals surface area contributed by atoms with Crippen LogP contribution >= 0.6 is 23.4 Å². The highest BCUT2D eigenvalue weighted by molar-refractivity contribution is 7.98. The Balaban J connectivity index is 1.55. The van der Waals surface area contributed by atoms with Crippen molar-refractivity contribution in [1.29, 1.82) is 0 Å². The van der Waals surface area contributed by atoms with Crippen molar-refractivity contribution in [2.45, 2.75) is 17.6 Å². The third-order valence-corrected chi connectivity index (χ3v) is 6.22. The van der Waals surface area contributed by atoms with Gasteiger partial charge in [-0.2, -0.15) is 0 Å². The van der Waals surface area contributed by atoms with Gasteiger partial charge in [0.15, 0.2) is 5.75 Å². The Hall–Kier alpha value is -3.41. The lowest BCUT2D eigenvalue weighted by molar-refractivity contribution is 0.102. The largest absolute Gasteiger partial charge is 0.494 e. The number of carbonyl (C=O) groups is 1. The first kappa shape index (κ1) is 23.7. The molecule has 0 saturated carbocycles. The average Bonchev–Trinajstić information content (AvgIpc) is 2.86. The smallest absolute Gasteiger partial charge is 0.255 e. The van der Waals surface area contributed by atoms with Crippen LogP contribution in [0.15, 0.2) is 102 Å². The second kappa shape index (κ2) is 11.6. The number of halogens is 1. The minimum atomic E-state index is -0.255. The molecule has 0 aliphatic heterocycles. The predicted octanol–water partition coefficient (Wildman–Crippen LogP) is 8.08. The van der Waals surface area contributed by atoms with Gasteiger partial charge in [0.25, 0.3) is 5.91 Å². The molecule has 4 nitrogen and oxygen atoms in total. The number of hydrogen-bond donors (Lipinski definition) is 1. The number of thioether (sulfide) groups is 1. The minimum absolute atomic E-state index is 0.255. The van der Waals surface area contributed by atoms with E-state index >= 15 is 0 Å². The molecule has 0 saturated heterocycles. The van der Waals surface area contributed by atoms with E-state index in [9.17, 15) is 4.79 Å². The first-order valence-corrected chi connectivity index (χ1v) is 12.3. The third-order valence-electron chi connectivity index (χ3n) is 4.92. The van der Waals surface area contributed by atoms with Crippen LogP contribution in [0.4, 0.5) is 5.69 Å². The van der Waals surface area contributed by atoms with E-state index in [0.717, 1.165) is 16.2 Å². The summed E-state index contributed by atoms with van der Waals surface area (Å²) in [5.74, 6) is 2.38. The highest BCUT2D eigenvalue weighted by Crippen LogP contribution is 2.33. The summed E-state index contributed by atoms with van der Waals surface area (Å²) in [5.41, 5.74) is 1.98. The molecule has 0 aliphatic rings. The molecule has 0 radical (unpaired) electrons. The van der Waals surface area contributed by atoms with Crippen molar-refractivity contribution in [2.24, 2.45) is 0 Å². The number of carbonyl (C=O) groups excluding carboxylic acids is 1. The molecule has 0 unspecified atom stereocenters. The summed E-state index contributed by atoms with van der Waals surface area (Å²) in [6, 6.07) is 30.2. The fourth-order valence-corrected chi connectivity index (χ4v) is 4.38. The number of rotatable bonds is 9. The summed E-state index contributed by atoms with van der Waals surface area (Å²) < 4.78 is 11.8. The van der Waals surface area contributed by atoms with E-state index in [-0.39, 0.29) is 5.91 Å². The van der Waals surface area contributed by atoms with E-state index in [0.29, 0.717) is 40.1 Å².